The van der Waals surface area contributed by atoms with E-state index in [1.54, 1.807) is 0 Å². The molecule has 0 bridgehead atoms. The summed E-state index contributed by atoms with van der Waals surface area (Å²) in [6.07, 6.45) is 9.98. The molecule has 0 radical (unpaired) electrons. The van der Waals surface area contributed by atoms with E-state index in [0.717, 1.165) is 11.8 Å². The number of nitrogens with one attached hydrogen (secondary N) is 1. The Balaban J connectivity index is 1.75. The zero-order chi connectivity index (χ0) is 13.7. The molecule has 1 saturated carbocycles. The molecule has 1 saturated heterocycles. The Morgan fingerprint density at radius 2 is 1.37 bits per heavy atom. The standard InChI is InChI=1S/C17H34N2/c1-4-16-5-7-17(8-6-16)13-19-11-9-14(2)18-15(3)10-12-19/h14-18H,4-13H2,1-3H3. The summed E-state index contributed by atoms with van der Waals surface area (Å²) in [4.78, 5) is 2.75. The first-order valence-electron chi connectivity index (χ1n) is 8.65. The molecule has 1 heterocycles. The van der Waals surface area contributed by atoms with Gasteiger partial charge in [-0.3, -0.25) is 0 Å². The molecule has 1 aliphatic heterocycles. The van der Waals surface area contributed by atoms with E-state index in [2.05, 4.69) is 31.0 Å². The Morgan fingerprint density at radius 1 is 0.842 bits per heavy atom. The number of rotatable bonds is 3. The van der Waals surface area contributed by atoms with Crippen LogP contribution in [0.25, 0.3) is 0 Å². The van der Waals surface area contributed by atoms with Gasteiger partial charge in [0.1, 0.15) is 0 Å². The molecule has 19 heavy (non-hydrogen) atoms. The maximum Gasteiger partial charge on any atom is 0.00533 e. The molecule has 2 nitrogen and oxygen atoms in total. The lowest BCUT2D eigenvalue weighted by Gasteiger charge is -2.35. The van der Waals surface area contributed by atoms with Crippen LogP contribution in [0.4, 0.5) is 0 Å². The minimum Gasteiger partial charge on any atom is -0.312 e. The summed E-state index contributed by atoms with van der Waals surface area (Å²) < 4.78 is 0. The van der Waals surface area contributed by atoms with E-state index in [4.69, 9.17) is 0 Å². The van der Waals surface area contributed by atoms with Crippen LogP contribution in [-0.2, 0) is 0 Å². The highest BCUT2D eigenvalue weighted by molar-refractivity contribution is 4.79. The van der Waals surface area contributed by atoms with E-state index < -0.39 is 0 Å². The maximum absolute atomic E-state index is 3.69. The van der Waals surface area contributed by atoms with Crippen LogP contribution in [-0.4, -0.2) is 36.6 Å². The van der Waals surface area contributed by atoms with Crippen molar-refractivity contribution in [2.45, 2.75) is 77.8 Å². The second-order valence-electron chi connectivity index (χ2n) is 7.14. The molecule has 2 fully saturated rings. The van der Waals surface area contributed by atoms with Crippen LogP contribution in [0.1, 0.15) is 65.7 Å². The molecule has 0 aromatic heterocycles. The number of hydrogen-bond acceptors (Lipinski definition) is 2. The summed E-state index contributed by atoms with van der Waals surface area (Å²) in [5.41, 5.74) is 0. The minimum atomic E-state index is 0.689. The van der Waals surface area contributed by atoms with Crippen molar-refractivity contribution in [3.63, 3.8) is 0 Å². The third-order valence-electron chi connectivity index (χ3n) is 5.39. The Labute approximate surface area is 120 Å². The molecule has 1 aliphatic carbocycles. The highest BCUT2D eigenvalue weighted by atomic mass is 15.1. The summed E-state index contributed by atoms with van der Waals surface area (Å²) in [6.45, 7) is 11.0. The second-order valence-corrected chi connectivity index (χ2v) is 7.14. The summed E-state index contributed by atoms with van der Waals surface area (Å²) in [7, 11) is 0. The van der Waals surface area contributed by atoms with Gasteiger partial charge in [-0.05, 0) is 64.5 Å². The Kier molecular flexibility index (Phi) is 6.15. The topological polar surface area (TPSA) is 15.3 Å². The van der Waals surface area contributed by atoms with Gasteiger partial charge in [-0.25, -0.2) is 0 Å². The molecule has 0 amide bonds. The first-order chi connectivity index (χ1) is 9.17. The van der Waals surface area contributed by atoms with E-state index in [-0.39, 0.29) is 0 Å². The van der Waals surface area contributed by atoms with Crippen molar-refractivity contribution in [1.29, 1.82) is 0 Å². The monoisotopic (exact) mass is 266 g/mol. The average molecular weight is 266 g/mol. The van der Waals surface area contributed by atoms with Crippen molar-refractivity contribution in [1.82, 2.24) is 10.2 Å². The van der Waals surface area contributed by atoms with Crippen LogP contribution in [0.15, 0.2) is 0 Å². The predicted molar refractivity (Wildman–Crippen MR) is 83.5 cm³/mol. The Bertz CT molecular complexity index is 234. The molecule has 112 valence electrons. The van der Waals surface area contributed by atoms with Crippen LogP contribution >= 0.6 is 0 Å². The lowest BCUT2D eigenvalue weighted by atomic mass is 9.80. The molecule has 0 aromatic carbocycles. The molecule has 1 N–H and O–H groups in total. The first kappa shape index (κ1) is 15.3. The van der Waals surface area contributed by atoms with Crippen molar-refractivity contribution < 1.29 is 0 Å². The van der Waals surface area contributed by atoms with E-state index in [1.807, 2.05) is 0 Å². The van der Waals surface area contributed by atoms with Crippen molar-refractivity contribution >= 4 is 0 Å². The van der Waals surface area contributed by atoms with Gasteiger partial charge in [-0.15, -0.1) is 0 Å². The maximum atomic E-state index is 3.69. The van der Waals surface area contributed by atoms with Gasteiger partial charge >= 0.3 is 0 Å². The zero-order valence-electron chi connectivity index (χ0n) is 13.3. The van der Waals surface area contributed by atoms with Gasteiger partial charge < -0.3 is 10.2 Å². The summed E-state index contributed by atoms with van der Waals surface area (Å²) in [6, 6.07) is 1.38. The van der Waals surface area contributed by atoms with Crippen molar-refractivity contribution in [3.05, 3.63) is 0 Å². The van der Waals surface area contributed by atoms with E-state index in [1.165, 1.54) is 64.6 Å². The smallest absolute Gasteiger partial charge is 0.00533 e. The summed E-state index contributed by atoms with van der Waals surface area (Å²) in [5, 5.41) is 3.69. The summed E-state index contributed by atoms with van der Waals surface area (Å²) in [5.74, 6) is 2.02. The van der Waals surface area contributed by atoms with Crippen molar-refractivity contribution in [2.24, 2.45) is 11.8 Å². The normalized spacial score (nSPS) is 38.7. The van der Waals surface area contributed by atoms with Crippen molar-refractivity contribution in [2.75, 3.05) is 19.6 Å². The fourth-order valence-corrected chi connectivity index (χ4v) is 3.89. The highest BCUT2D eigenvalue weighted by Crippen LogP contribution is 2.31. The third kappa shape index (κ3) is 5.07. The van der Waals surface area contributed by atoms with Gasteiger partial charge in [0.2, 0.25) is 0 Å². The molecule has 0 aromatic rings. The van der Waals surface area contributed by atoms with Gasteiger partial charge in [0, 0.05) is 18.6 Å². The largest absolute Gasteiger partial charge is 0.312 e. The first-order valence-corrected chi connectivity index (χ1v) is 8.65. The number of hydrogen-bond donors (Lipinski definition) is 1. The fraction of sp³-hybridized carbons (Fsp3) is 1.00. The minimum absolute atomic E-state index is 0.689. The van der Waals surface area contributed by atoms with Crippen LogP contribution in [0.3, 0.4) is 0 Å². The van der Waals surface area contributed by atoms with Gasteiger partial charge in [0.25, 0.3) is 0 Å². The second kappa shape index (κ2) is 7.64. The molecular weight excluding hydrogens is 232 g/mol. The molecule has 2 aliphatic rings. The molecule has 0 spiro atoms. The molecule has 2 heteroatoms. The SMILES string of the molecule is CCC1CCC(CN2CCC(C)NC(C)CC2)CC1. The quantitative estimate of drug-likeness (QED) is 0.838. The zero-order valence-corrected chi connectivity index (χ0v) is 13.3. The van der Waals surface area contributed by atoms with Gasteiger partial charge in [0.05, 0.1) is 0 Å². The number of nitrogens with zero attached hydrogens (tertiary/aromatic N) is 1. The lowest BCUT2D eigenvalue weighted by molar-refractivity contribution is 0.157. The Morgan fingerprint density at radius 3 is 1.89 bits per heavy atom. The molecule has 2 rings (SSSR count). The van der Waals surface area contributed by atoms with Crippen LogP contribution in [0.2, 0.25) is 0 Å². The summed E-state index contributed by atoms with van der Waals surface area (Å²) >= 11 is 0. The molecule has 2 unspecified atom stereocenters. The van der Waals surface area contributed by atoms with Crippen LogP contribution in [0.5, 0.6) is 0 Å². The van der Waals surface area contributed by atoms with Gasteiger partial charge in [-0.2, -0.15) is 0 Å². The van der Waals surface area contributed by atoms with Crippen LogP contribution < -0.4 is 5.32 Å². The predicted octanol–water partition coefficient (Wildman–Crippen LogP) is 3.67. The average Bonchev–Trinajstić information content (AvgIpc) is 2.41. The highest BCUT2D eigenvalue weighted by Gasteiger charge is 2.23. The molecule has 2 atom stereocenters. The third-order valence-corrected chi connectivity index (χ3v) is 5.39. The van der Waals surface area contributed by atoms with Crippen molar-refractivity contribution in [3.8, 4) is 0 Å². The fourth-order valence-electron chi connectivity index (χ4n) is 3.89. The van der Waals surface area contributed by atoms with Crippen LogP contribution in [0, 0.1) is 11.8 Å². The van der Waals surface area contributed by atoms with Gasteiger partial charge in [0.15, 0.2) is 0 Å². The van der Waals surface area contributed by atoms with E-state index >= 15 is 0 Å². The van der Waals surface area contributed by atoms with E-state index in [0.29, 0.717) is 12.1 Å². The van der Waals surface area contributed by atoms with E-state index in [9.17, 15) is 0 Å². The lowest BCUT2D eigenvalue weighted by Crippen LogP contribution is -2.44. The van der Waals surface area contributed by atoms with Gasteiger partial charge in [-0.1, -0.05) is 26.2 Å². The molecular formula is C17H34N2. The Hall–Kier alpha value is -0.0800.